The number of carbonyl (C=O) groups is 1. The Morgan fingerprint density at radius 3 is 2.86 bits per heavy atom. The van der Waals surface area contributed by atoms with Crippen molar-refractivity contribution in [1.82, 2.24) is 10.3 Å². The predicted molar refractivity (Wildman–Crippen MR) is 87.3 cm³/mol. The zero-order valence-electron chi connectivity index (χ0n) is 10.8. The molecule has 0 aliphatic carbocycles. The van der Waals surface area contributed by atoms with Crippen molar-refractivity contribution >= 4 is 50.5 Å². The Morgan fingerprint density at radius 2 is 2.10 bits per heavy atom. The molecule has 21 heavy (non-hydrogen) atoms. The van der Waals surface area contributed by atoms with E-state index in [1.54, 1.807) is 12.3 Å². The monoisotopic (exact) mass is 336 g/mol. The van der Waals surface area contributed by atoms with Crippen molar-refractivity contribution in [3.05, 3.63) is 63.2 Å². The van der Waals surface area contributed by atoms with Crippen molar-refractivity contribution < 1.29 is 4.79 Å². The van der Waals surface area contributed by atoms with Crippen molar-refractivity contribution in [2.24, 2.45) is 0 Å². The first-order valence-electron chi connectivity index (χ1n) is 6.21. The number of halogens is 2. The number of rotatable bonds is 3. The Balaban J connectivity index is 1.83. The topological polar surface area (TPSA) is 42.0 Å². The van der Waals surface area contributed by atoms with Crippen molar-refractivity contribution in [2.45, 2.75) is 6.54 Å². The molecule has 2 aromatic heterocycles. The van der Waals surface area contributed by atoms with Crippen LogP contribution in [0.25, 0.3) is 10.1 Å². The van der Waals surface area contributed by atoms with Gasteiger partial charge in [0, 0.05) is 21.3 Å². The number of amides is 1. The molecule has 0 bridgehead atoms. The summed E-state index contributed by atoms with van der Waals surface area (Å²) in [7, 11) is 0. The van der Waals surface area contributed by atoms with Gasteiger partial charge in [-0.25, -0.2) is 0 Å². The fourth-order valence-electron chi connectivity index (χ4n) is 1.94. The average Bonchev–Trinajstić information content (AvgIpc) is 2.82. The van der Waals surface area contributed by atoms with E-state index in [1.807, 2.05) is 30.3 Å². The van der Waals surface area contributed by atoms with E-state index in [4.69, 9.17) is 23.2 Å². The smallest absolute Gasteiger partial charge is 0.263 e. The molecule has 1 aromatic carbocycles. The van der Waals surface area contributed by atoms with Crippen LogP contribution in [0, 0.1) is 0 Å². The van der Waals surface area contributed by atoms with Gasteiger partial charge in [-0.3, -0.25) is 9.78 Å². The largest absolute Gasteiger partial charge is 0.346 e. The summed E-state index contributed by atoms with van der Waals surface area (Å²) < 4.78 is 0.899. The van der Waals surface area contributed by atoms with E-state index in [9.17, 15) is 4.79 Å². The van der Waals surface area contributed by atoms with Crippen LogP contribution in [0.2, 0.25) is 10.0 Å². The number of pyridine rings is 1. The number of nitrogens with zero attached hydrogens (tertiary/aromatic N) is 1. The van der Waals surface area contributed by atoms with Crippen molar-refractivity contribution in [2.75, 3.05) is 0 Å². The Kier molecular flexibility index (Phi) is 4.10. The fraction of sp³-hybridized carbons (Fsp3) is 0.0667. The molecule has 3 aromatic rings. The summed E-state index contributed by atoms with van der Waals surface area (Å²) in [5.74, 6) is -0.206. The zero-order chi connectivity index (χ0) is 14.8. The lowest BCUT2D eigenvalue weighted by atomic mass is 10.2. The van der Waals surface area contributed by atoms with Crippen LogP contribution in [-0.4, -0.2) is 10.9 Å². The molecule has 0 saturated carbocycles. The molecule has 6 heteroatoms. The van der Waals surface area contributed by atoms with E-state index in [0.29, 0.717) is 21.5 Å². The maximum absolute atomic E-state index is 12.2. The van der Waals surface area contributed by atoms with Crippen LogP contribution in [0.3, 0.4) is 0 Å². The second-order valence-electron chi connectivity index (χ2n) is 4.39. The Bertz CT molecular complexity index is 802. The second kappa shape index (κ2) is 6.02. The van der Waals surface area contributed by atoms with E-state index < -0.39 is 0 Å². The molecule has 0 fully saturated rings. The summed E-state index contributed by atoms with van der Waals surface area (Å²) in [6.07, 6.45) is 1.69. The summed E-state index contributed by atoms with van der Waals surface area (Å²) in [5, 5.41) is 4.75. The van der Waals surface area contributed by atoms with Gasteiger partial charge in [0.25, 0.3) is 5.91 Å². The van der Waals surface area contributed by atoms with E-state index in [-0.39, 0.29) is 5.91 Å². The number of nitrogens with one attached hydrogen (secondary N) is 1. The number of aromatic nitrogens is 1. The van der Waals surface area contributed by atoms with Gasteiger partial charge in [0.05, 0.1) is 17.3 Å². The molecule has 0 saturated heterocycles. The minimum atomic E-state index is -0.206. The highest BCUT2D eigenvalue weighted by Crippen LogP contribution is 2.36. The zero-order valence-corrected chi connectivity index (χ0v) is 13.1. The van der Waals surface area contributed by atoms with Crippen LogP contribution in [0.4, 0.5) is 0 Å². The van der Waals surface area contributed by atoms with E-state index in [1.165, 1.54) is 11.3 Å². The highest BCUT2D eigenvalue weighted by molar-refractivity contribution is 7.21. The van der Waals surface area contributed by atoms with Gasteiger partial charge in [-0.15, -0.1) is 11.3 Å². The average molecular weight is 337 g/mol. The highest BCUT2D eigenvalue weighted by atomic mass is 35.5. The van der Waals surface area contributed by atoms with Crippen molar-refractivity contribution in [3.8, 4) is 0 Å². The van der Waals surface area contributed by atoms with Gasteiger partial charge >= 0.3 is 0 Å². The van der Waals surface area contributed by atoms with Gasteiger partial charge in [-0.1, -0.05) is 35.3 Å². The van der Waals surface area contributed by atoms with E-state index >= 15 is 0 Å². The summed E-state index contributed by atoms with van der Waals surface area (Å²) in [5.41, 5.74) is 0.797. The van der Waals surface area contributed by atoms with E-state index in [0.717, 1.165) is 15.8 Å². The SMILES string of the molecule is O=C(NCc1ccccn1)c1sc2cc(Cl)ccc2c1Cl. The van der Waals surface area contributed by atoms with Gasteiger partial charge in [0.1, 0.15) is 4.88 Å². The lowest BCUT2D eigenvalue weighted by Crippen LogP contribution is -2.22. The maximum atomic E-state index is 12.2. The van der Waals surface area contributed by atoms with Crippen LogP contribution >= 0.6 is 34.5 Å². The molecule has 0 atom stereocenters. The van der Waals surface area contributed by atoms with Gasteiger partial charge < -0.3 is 5.32 Å². The normalized spacial score (nSPS) is 10.8. The first kappa shape index (κ1) is 14.3. The van der Waals surface area contributed by atoms with Gasteiger partial charge in [0.2, 0.25) is 0 Å². The molecule has 1 N–H and O–H groups in total. The summed E-state index contributed by atoms with van der Waals surface area (Å²) in [6, 6.07) is 11.0. The molecule has 3 rings (SSSR count). The van der Waals surface area contributed by atoms with Crippen LogP contribution in [0.1, 0.15) is 15.4 Å². The molecule has 0 radical (unpaired) electrons. The summed E-state index contributed by atoms with van der Waals surface area (Å²) in [6.45, 7) is 0.366. The molecular weight excluding hydrogens is 327 g/mol. The second-order valence-corrected chi connectivity index (χ2v) is 6.26. The summed E-state index contributed by atoms with van der Waals surface area (Å²) >= 11 is 13.6. The number of benzene rings is 1. The fourth-order valence-corrected chi connectivity index (χ4v) is 3.65. The van der Waals surface area contributed by atoms with Crippen LogP contribution in [0.5, 0.6) is 0 Å². The third-order valence-corrected chi connectivity index (χ3v) is 4.84. The number of hydrogen-bond acceptors (Lipinski definition) is 3. The molecule has 106 valence electrons. The summed E-state index contributed by atoms with van der Waals surface area (Å²) in [4.78, 5) is 16.9. The molecule has 0 aliphatic heterocycles. The van der Waals surface area contributed by atoms with Crippen LogP contribution < -0.4 is 5.32 Å². The number of hydrogen-bond donors (Lipinski definition) is 1. The lowest BCUT2D eigenvalue weighted by Gasteiger charge is -2.03. The standard InChI is InChI=1S/C15H10Cl2N2OS/c16-9-4-5-11-12(7-9)21-14(13(11)17)15(20)19-8-10-3-1-2-6-18-10/h1-7H,8H2,(H,19,20). The first-order valence-corrected chi connectivity index (χ1v) is 7.78. The highest BCUT2D eigenvalue weighted by Gasteiger charge is 2.17. The lowest BCUT2D eigenvalue weighted by molar-refractivity contribution is 0.0954. The molecule has 0 spiro atoms. The Hall–Kier alpha value is -1.62. The van der Waals surface area contributed by atoms with Gasteiger partial charge in [-0.2, -0.15) is 0 Å². The quantitative estimate of drug-likeness (QED) is 0.763. The predicted octanol–water partition coefficient (Wildman–Crippen LogP) is 4.53. The van der Waals surface area contributed by atoms with Crippen LogP contribution in [-0.2, 0) is 6.54 Å². The molecule has 1 amide bonds. The van der Waals surface area contributed by atoms with E-state index in [2.05, 4.69) is 10.3 Å². The number of carbonyl (C=O) groups excluding carboxylic acids is 1. The van der Waals surface area contributed by atoms with Crippen molar-refractivity contribution in [1.29, 1.82) is 0 Å². The maximum Gasteiger partial charge on any atom is 0.263 e. The Labute approximate surface area is 135 Å². The Morgan fingerprint density at radius 1 is 1.24 bits per heavy atom. The molecule has 0 unspecified atom stereocenters. The molecule has 2 heterocycles. The minimum absolute atomic E-state index is 0.206. The molecule has 0 aliphatic rings. The number of thiophene rings is 1. The minimum Gasteiger partial charge on any atom is -0.346 e. The van der Waals surface area contributed by atoms with Crippen LogP contribution in [0.15, 0.2) is 42.6 Å². The first-order chi connectivity index (χ1) is 10.1. The third-order valence-electron chi connectivity index (χ3n) is 2.95. The van der Waals surface area contributed by atoms with Crippen molar-refractivity contribution in [3.63, 3.8) is 0 Å². The van der Waals surface area contributed by atoms with Gasteiger partial charge in [0.15, 0.2) is 0 Å². The molecule has 3 nitrogen and oxygen atoms in total. The third kappa shape index (κ3) is 3.02. The number of fused-ring (bicyclic) bond motifs is 1. The van der Waals surface area contributed by atoms with Gasteiger partial charge in [-0.05, 0) is 24.3 Å². The molecular formula is C15H10Cl2N2OS.